The largest absolute Gasteiger partial charge is 0.314 e. The highest BCUT2D eigenvalue weighted by Gasteiger charge is 2.30. The lowest BCUT2D eigenvalue weighted by molar-refractivity contribution is 0.0924. The Balaban J connectivity index is 1.80. The standard InChI is InChI=1S/C16H27N3S/c1-13-5-10-20-16(13)15(12-18-7-3-4-8-18)19-9-6-17-11-14(19)2/h5,10,14-15,17H,3-4,6-9,11-12H2,1-2H3. The first-order chi connectivity index (χ1) is 9.75. The Hall–Kier alpha value is -0.420. The van der Waals surface area contributed by atoms with E-state index in [0.29, 0.717) is 12.1 Å². The van der Waals surface area contributed by atoms with Crippen LogP contribution in [0.3, 0.4) is 0 Å². The van der Waals surface area contributed by atoms with Gasteiger partial charge in [0.25, 0.3) is 0 Å². The molecule has 0 aliphatic carbocycles. The van der Waals surface area contributed by atoms with Gasteiger partial charge >= 0.3 is 0 Å². The van der Waals surface area contributed by atoms with Gasteiger partial charge in [0.15, 0.2) is 0 Å². The second kappa shape index (κ2) is 6.56. The molecule has 1 aromatic rings. The van der Waals surface area contributed by atoms with Crippen molar-refractivity contribution in [2.45, 2.75) is 38.8 Å². The van der Waals surface area contributed by atoms with Crippen LogP contribution in [0.2, 0.25) is 0 Å². The molecule has 2 aliphatic heterocycles. The zero-order valence-electron chi connectivity index (χ0n) is 12.8. The van der Waals surface area contributed by atoms with Crippen molar-refractivity contribution in [1.82, 2.24) is 15.1 Å². The van der Waals surface area contributed by atoms with Gasteiger partial charge in [-0.05, 0) is 56.8 Å². The lowest BCUT2D eigenvalue weighted by Crippen LogP contribution is -2.52. The van der Waals surface area contributed by atoms with Crippen molar-refractivity contribution in [3.8, 4) is 0 Å². The van der Waals surface area contributed by atoms with Gasteiger partial charge < -0.3 is 10.2 Å². The summed E-state index contributed by atoms with van der Waals surface area (Å²) in [6, 6.07) is 3.51. The topological polar surface area (TPSA) is 18.5 Å². The minimum absolute atomic E-state index is 0.588. The number of hydrogen-bond acceptors (Lipinski definition) is 4. The van der Waals surface area contributed by atoms with E-state index in [-0.39, 0.29) is 0 Å². The van der Waals surface area contributed by atoms with Gasteiger partial charge in [0.1, 0.15) is 0 Å². The lowest BCUT2D eigenvalue weighted by atomic mass is 10.1. The van der Waals surface area contributed by atoms with Crippen molar-refractivity contribution < 1.29 is 0 Å². The quantitative estimate of drug-likeness (QED) is 0.920. The molecule has 2 saturated heterocycles. The SMILES string of the molecule is Cc1ccsc1C(CN1CCCC1)N1CCNCC1C. The molecule has 20 heavy (non-hydrogen) atoms. The zero-order valence-corrected chi connectivity index (χ0v) is 13.6. The molecule has 1 aromatic heterocycles. The molecule has 2 aliphatic rings. The Morgan fingerprint density at radius 3 is 2.80 bits per heavy atom. The highest BCUT2D eigenvalue weighted by molar-refractivity contribution is 7.10. The molecule has 2 unspecified atom stereocenters. The van der Waals surface area contributed by atoms with Crippen LogP contribution in [0.15, 0.2) is 11.4 Å². The second-order valence-electron chi connectivity index (χ2n) is 6.28. The first-order valence-corrected chi connectivity index (χ1v) is 8.86. The summed E-state index contributed by atoms with van der Waals surface area (Å²) < 4.78 is 0. The van der Waals surface area contributed by atoms with Crippen LogP contribution >= 0.6 is 11.3 Å². The molecule has 0 bridgehead atoms. The first-order valence-electron chi connectivity index (χ1n) is 7.98. The maximum absolute atomic E-state index is 3.52. The summed E-state index contributed by atoms with van der Waals surface area (Å²) in [5.41, 5.74) is 1.48. The summed E-state index contributed by atoms with van der Waals surface area (Å²) in [4.78, 5) is 6.98. The van der Waals surface area contributed by atoms with E-state index in [2.05, 4.69) is 40.4 Å². The van der Waals surface area contributed by atoms with Crippen molar-refractivity contribution >= 4 is 11.3 Å². The molecule has 0 amide bonds. The molecule has 3 nitrogen and oxygen atoms in total. The van der Waals surface area contributed by atoms with Crippen LogP contribution in [0.25, 0.3) is 0 Å². The van der Waals surface area contributed by atoms with Crippen LogP contribution < -0.4 is 5.32 Å². The van der Waals surface area contributed by atoms with Crippen molar-refractivity contribution in [2.24, 2.45) is 0 Å². The van der Waals surface area contributed by atoms with E-state index in [1.54, 1.807) is 4.88 Å². The molecule has 1 N–H and O–H groups in total. The van der Waals surface area contributed by atoms with Crippen LogP contribution in [-0.2, 0) is 0 Å². The Kier molecular flexibility index (Phi) is 4.76. The van der Waals surface area contributed by atoms with E-state index >= 15 is 0 Å². The van der Waals surface area contributed by atoms with E-state index in [0.717, 1.165) is 13.1 Å². The number of thiophene rings is 1. The predicted octanol–water partition coefficient (Wildman–Crippen LogP) is 2.49. The molecular weight excluding hydrogens is 266 g/mol. The highest BCUT2D eigenvalue weighted by Crippen LogP contribution is 2.32. The average molecular weight is 293 g/mol. The fourth-order valence-corrected chi connectivity index (χ4v) is 4.63. The van der Waals surface area contributed by atoms with Crippen molar-refractivity contribution in [3.63, 3.8) is 0 Å². The normalized spacial score (nSPS) is 27.0. The minimum Gasteiger partial charge on any atom is -0.314 e. The smallest absolute Gasteiger partial charge is 0.0575 e. The number of hydrogen-bond donors (Lipinski definition) is 1. The van der Waals surface area contributed by atoms with E-state index in [1.165, 1.54) is 44.6 Å². The van der Waals surface area contributed by atoms with Crippen LogP contribution in [0.4, 0.5) is 0 Å². The third-order valence-electron chi connectivity index (χ3n) is 4.79. The van der Waals surface area contributed by atoms with Gasteiger partial charge in [-0.15, -0.1) is 11.3 Å². The fourth-order valence-electron chi connectivity index (χ4n) is 3.59. The van der Waals surface area contributed by atoms with Crippen molar-refractivity contribution in [2.75, 3.05) is 39.3 Å². The molecule has 3 rings (SSSR count). The van der Waals surface area contributed by atoms with E-state index in [1.807, 2.05) is 11.3 Å². The Morgan fingerprint density at radius 2 is 2.15 bits per heavy atom. The molecule has 2 atom stereocenters. The number of piperazine rings is 1. The number of nitrogens with one attached hydrogen (secondary N) is 1. The molecule has 0 radical (unpaired) electrons. The second-order valence-corrected chi connectivity index (χ2v) is 7.23. The van der Waals surface area contributed by atoms with Gasteiger partial charge in [0, 0.05) is 37.1 Å². The van der Waals surface area contributed by atoms with Crippen LogP contribution in [0.5, 0.6) is 0 Å². The van der Waals surface area contributed by atoms with Gasteiger partial charge in [-0.3, -0.25) is 4.90 Å². The molecule has 3 heterocycles. The first kappa shape index (κ1) is 14.5. The Labute approximate surface area is 127 Å². The summed E-state index contributed by atoms with van der Waals surface area (Å²) >= 11 is 1.95. The molecule has 0 saturated carbocycles. The molecule has 2 fully saturated rings. The fraction of sp³-hybridized carbons (Fsp3) is 0.750. The summed E-state index contributed by atoms with van der Waals surface area (Å²) in [6.45, 7) is 11.9. The molecule has 0 aromatic carbocycles. The monoisotopic (exact) mass is 293 g/mol. The molecule has 0 spiro atoms. The summed E-state index contributed by atoms with van der Waals surface area (Å²) in [6.07, 6.45) is 2.76. The number of nitrogens with zero attached hydrogens (tertiary/aromatic N) is 2. The summed E-state index contributed by atoms with van der Waals surface area (Å²) in [5.74, 6) is 0. The zero-order chi connectivity index (χ0) is 13.9. The van der Waals surface area contributed by atoms with Gasteiger partial charge in [-0.1, -0.05) is 0 Å². The summed E-state index contributed by atoms with van der Waals surface area (Å²) in [7, 11) is 0. The lowest BCUT2D eigenvalue weighted by Gasteiger charge is -2.41. The molecular formula is C16H27N3S. The molecule has 112 valence electrons. The summed E-state index contributed by atoms with van der Waals surface area (Å²) in [5, 5.41) is 5.78. The van der Waals surface area contributed by atoms with Crippen molar-refractivity contribution in [1.29, 1.82) is 0 Å². The van der Waals surface area contributed by atoms with Gasteiger partial charge in [-0.2, -0.15) is 0 Å². The van der Waals surface area contributed by atoms with Crippen molar-refractivity contribution in [3.05, 3.63) is 21.9 Å². The van der Waals surface area contributed by atoms with Gasteiger partial charge in [-0.25, -0.2) is 0 Å². The van der Waals surface area contributed by atoms with E-state index < -0.39 is 0 Å². The third-order valence-corrected chi connectivity index (χ3v) is 5.91. The van der Waals surface area contributed by atoms with Crippen LogP contribution in [0.1, 0.15) is 36.2 Å². The van der Waals surface area contributed by atoms with Gasteiger partial charge in [0.2, 0.25) is 0 Å². The predicted molar refractivity (Wildman–Crippen MR) is 86.5 cm³/mol. The number of rotatable bonds is 4. The third kappa shape index (κ3) is 3.08. The highest BCUT2D eigenvalue weighted by atomic mass is 32.1. The van der Waals surface area contributed by atoms with E-state index in [9.17, 15) is 0 Å². The average Bonchev–Trinajstić information content (AvgIpc) is 3.08. The number of aryl methyl sites for hydroxylation is 1. The Morgan fingerprint density at radius 1 is 1.35 bits per heavy atom. The Bertz CT molecular complexity index is 425. The maximum Gasteiger partial charge on any atom is 0.0575 e. The van der Waals surface area contributed by atoms with Crippen LogP contribution in [-0.4, -0.2) is 55.1 Å². The minimum atomic E-state index is 0.588. The maximum atomic E-state index is 3.52. The van der Waals surface area contributed by atoms with Crippen LogP contribution in [0, 0.1) is 6.92 Å². The molecule has 4 heteroatoms. The van der Waals surface area contributed by atoms with E-state index in [4.69, 9.17) is 0 Å². The van der Waals surface area contributed by atoms with Gasteiger partial charge in [0.05, 0.1) is 6.04 Å². The number of likely N-dealkylation sites (tertiary alicyclic amines) is 1.